The van der Waals surface area contributed by atoms with Gasteiger partial charge >= 0.3 is 6.09 Å². The first-order chi connectivity index (χ1) is 9.79. The number of benzene rings is 1. The zero-order valence-electron chi connectivity index (χ0n) is 11.5. The van der Waals surface area contributed by atoms with E-state index in [0.29, 0.717) is 0 Å². The van der Waals surface area contributed by atoms with Crippen LogP contribution in [-0.2, 0) is 10.1 Å². The number of nitrogens with one attached hydrogen (secondary N) is 1. The molecule has 0 aromatic heterocycles. The van der Waals surface area contributed by atoms with Gasteiger partial charge in [0.2, 0.25) is 0 Å². The van der Waals surface area contributed by atoms with Crippen molar-refractivity contribution < 1.29 is 22.9 Å². The van der Waals surface area contributed by atoms with Gasteiger partial charge in [0.25, 0.3) is 10.1 Å². The molecule has 2 rings (SSSR count). The third kappa shape index (κ3) is 7.07. The van der Waals surface area contributed by atoms with Crippen LogP contribution in [0.4, 0.5) is 4.79 Å². The van der Waals surface area contributed by atoms with Gasteiger partial charge in [0.1, 0.15) is 0 Å². The fourth-order valence-corrected chi connectivity index (χ4v) is 2.53. The first-order valence-electron chi connectivity index (χ1n) is 6.56. The third-order valence-corrected chi connectivity index (χ3v) is 4.01. The molecule has 0 aliphatic heterocycles. The monoisotopic (exact) mass is 316 g/mol. The minimum absolute atomic E-state index is 0.0741. The van der Waals surface area contributed by atoms with Crippen LogP contribution < -0.4 is 11.1 Å². The normalized spacial score (nSPS) is 21.8. The molecule has 1 aliphatic rings. The molecule has 8 heteroatoms. The Bertz CT molecular complexity index is 539. The standard InChI is InChI=1S/C7H14N2O2.C6H6O3S/c8-5-1-3-6(4-2-5)9-7(10)11;7-10(8,9)6-4-2-1-3-5-6/h5-6,9H,1-4,8H2,(H,10,11);1-5H,(H,7,8,9)/t5-,6-;. The predicted octanol–water partition coefficient (Wildman–Crippen LogP) is 1.46. The molecule has 5 N–H and O–H groups in total. The minimum atomic E-state index is -4.00. The number of hydrogen-bond donors (Lipinski definition) is 4. The van der Waals surface area contributed by atoms with E-state index in [0.717, 1.165) is 25.7 Å². The number of amides is 1. The molecule has 0 radical (unpaired) electrons. The second kappa shape index (κ2) is 7.96. The van der Waals surface area contributed by atoms with E-state index in [1.54, 1.807) is 18.2 Å². The molecule has 1 aromatic carbocycles. The van der Waals surface area contributed by atoms with E-state index in [9.17, 15) is 13.2 Å². The molecular weight excluding hydrogens is 296 g/mol. The maximum Gasteiger partial charge on any atom is 0.404 e. The van der Waals surface area contributed by atoms with Crippen molar-refractivity contribution in [1.82, 2.24) is 5.32 Å². The van der Waals surface area contributed by atoms with Gasteiger partial charge in [-0.05, 0) is 37.8 Å². The van der Waals surface area contributed by atoms with E-state index >= 15 is 0 Å². The number of hydrogen-bond acceptors (Lipinski definition) is 4. The third-order valence-electron chi connectivity index (χ3n) is 3.14. The molecule has 1 aromatic rings. The van der Waals surface area contributed by atoms with Crippen molar-refractivity contribution in [2.24, 2.45) is 5.73 Å². The molecule has 1 amide bonds. The highest BCUT2D eigenvalue weighted by Crippen LogP contribution is 2.16. The molecule has 1 saturated carbocycles. The predicted molar refractivity (Wildman–Crippen MR) is 77.6 cm³/mol. The molecule has 7 nitrogen and oxygen atoms in total. The van der Waals surface area contributed by atoms with E-state index in [2.05, 4.69) is 5.32 Å². The van der Waals surface area contributed by atoms with Gasteiger partial charge in [0, 0.05) is 12.1 Å². The first kappa shape index (κ1) is 17.4. The van der Waals surface area contributed by atoms with Crippen LogP contribution in [0.2, 0.25) is 0 Å². The molecule has 0 spiro atoms. The number of rotatable bonds is 2. The van der Waals surface area contributed by atoms with E-state index in [1.165, 1.54) is 12.1 Å². The molecule has 0 atom stereocenters. The fraction of sp³-hybridized carbons (Fsp3) is 0.462. The van der Waals surface area contributed by atoms with Crippen molar-refractivity contribution in [3.05, 3.63) is 30.3 Å². The summed E-state index contributed by atoms with van der Waals surface area (Å²) in [4.78, 5) is 10.1. The first-order valence-corrected chi connectivity index (χ1v) is 8.00. The fourth-order valence-electron chi connectivity index (χ4n) is 2.03. The van der Waals surface area contributed by atoms with Crippen molar-refractivity contribution in [1.29, 1.82) is 0 Å². The van der Waals surface area contributed by atoms with Crippen LogP contribution in [0.1, 0.15) is 25.7 Å². The highest BCUT2D eigenvalue weighted by atomic mass is 32.2. The van der Waals surface area contributed by atoms with Crippen molar-refractivity contribution in [2.45, 2.75) is 42.7 Å². The summed E-state index contributed by atoms with van der Waals surface area (Å²) in [6.45, 7) is 0. The molecule has 1 aliphatic carbocycles. The smallest absolute Gasteiger partial charge is 0.404 e. The average Bonchev–Trinajstić information content (AvgIpc) is 2.42. The Morgan fingerprint density at radius 1 is 1.14 bits per heavy atom. The van der Waals surface area contributed by atoms with E-state index in [1.807, 2.05) is 0 Å². The van der Waals surface area contributed by atoms with E-state index in [-0.39, 0.29) is 17.0 Å². The second-order valence-electron chi connectivity index (χ2n) is 4.85. The summed E-state index contributed by atoms with van der Waals surface area (Å²) in [6, 6.07) is 7.83. The van der Waals surface area contributed by atoms with Crippen LogP contribution >= 0.6 is 0 Å². The highest BCUT2D eigenvalue weighted by Gasteiger charge is 2.19. The Labute approximate surface area is 123 Å². The lowest BCUT2D eigenvalue weighted by Gasteiger charge is -2.25. The van der Waals surface area contributed by atoms with Gasteiger partial charge in [-0.15, -0.1) is 0 Å². The largest absolute Gasteiger partial charge is 0.465 e. The SMILES string of the molecule is N[C@H]1CC[C@H](NC(=O)O)CC1.O=S(=O)(O)c1ccccc1. The Kier molecular flexibility index (Phi) is 6.60. The number of carbonyl (C=O) groups is 1. The van der Waals surface area contributed by atoms with Gasteiger partial charge in [-0.2, -0.15) is 8.42 Å². The van der Waals surface area contributed by atoms with E-state index < -0.39 is 16.2 Å². The van der Waals surface area contributed by atoms with Gasteiger partial charge in [0.05, 0.1) is 4.90 Å². The maximum atomic E-state index is 10.4. The number of carboxylic acid groups (broad SMARTS) is 1. The lowest BCUT2D eigenvalue weighted by molar-refractivity contribution is 0.185. The summed E-state index contributed by atoms with van der Waals surface area (Å²) in [5.41, 5.74) is 5.65. The minimum Gasteiger partial charge on any atom is -0.465 e. The van der Waals surface area contributed by atoms with Gasteiger partial charge in [-0.25, -0.2) is 4.79 Å². The van der Waals surface area contributed by atoms with Crippen molar-refractivity contribution in [2.75, 3.05) is 0 Å². The van der Waals surface area contributed by atoms with Crippen LogP contribution in [0.25, 0.3) is 0 Å². The molecule has 0 saturated heterocycles. The topological polar surface area (TPSA) is 130 Å². The zero-order valence-corrected chi connectivity index (χ0v) is 12.3. The lowest BCUT2D eigenvalue weighted by Crippen LogP contribution is -2.39. The summed E-state index contributed by atoms with van der Waals surface area (Å²) in [5.74, 6) is 0. The molecule has 0 unspecified atom stereocenters. The van der Waals surface area contributed by atoms with Gasteiger partial charge < -0.3 is 16.2 Å². The molecular formula is C13H20N2O5S. The quantitative estimate of drug-likeness (QED) is 0.611. The van der Waals surface area contributed by atoms with Crippen LogP contribution in [0.3, 0.4) is 0 Å². The van der Waals surface area contributed by atoms with E-state index in [4.69, 9.17) is 15.4 Å². The molecule has 0 bridgehead atoms. The second-order valence-corrected chi connectivity index (χ2v) is 6.27. The Morgan fingerprint density at radius 3 is 2.05 bits per heavy atom. The summed E-state index contributed by atoms with van der Waals surface area (Å²) >= 11 is 0. The molecule has 1 fully saturated rings. The Hall–Kier alpha value is -1.64. The van der Waals surface area contributed by atoms with Gasteiger partial charge in [-0.1, -0.05) is 18.2 Å². The van der Waals surface area contributed by atoms with Crippen LogP contribution in [-0.4, -0.2) is 36.3 Å². The highest BCUT2D eigenvalue weighted by molar-refractivity contribution is 7.85. The van der Waals surface area contributed by atoms with Crippen molar-refractivity contribution in [3.8, 4) is 0 Å². The molecule has 0 heterocycles. The zero-order chi connectivity index (χ0) is 15.9. The van der Waals surface area contributed by atoms with Crippen LogP contribution in [0.15, 0.2) is 35.2 Å². The summed E-state index contributed by atoms with van der Waals surface area (Å²) in [6.07, 6.45) is 2.71. The average molecular weight is 316 g/mol. The Morgan fingerprint density at radius 2 is 1.67 bits per heavy atom. The molecule has 21 heavy (non-hydrogen) atoms. The molecule has 118 valence electrons. The maximum absolute atomic E-state index is 10.4. The summed E-state index contributed by atoms with van der Waals surface area (Å²) in [7, 11) is -4.00. The summed E-state index contributed by atoms with van der Waals surface area (Å²) < 4.78 is 29.2. The van der Waals surface area contributed by atoms with Gasteiger partial charge in [-0.3, -0.25) is 4.55 Å². The van der Waals surface area contributed by atoms with Crippen molar-refractivity contribution in [3.63, 3.8) is 0 Å². The lowest BCUT2D eigenvalue weighted by atomic mass is 9.92. The van der Waals surface area contributed by atoms with Crippen molar-refractivity contribution >= 4 is 16.2 Å². The van der Waals surface area contributed by atoms with Crippen LogP contribution in [0.5, 0.6) is 0 Å². The van der Waals surface area contributed by atoms with Gasteiger partial charge in [0.15, 0.2) is 0 Å². The van der Waals surface area contributed by atoms with Crippen LogP contribution in [0, 0.1) is 0 Å². The number of nitrogens with two attached hydrogens (primary N) is 1. The summed E-state index contributed by atoms with van der Waals surface area (Å²) in [5, 5.41) is 10.9. The Balaban J connectivity index is 0.000000211.